The first-order valence-corrected chi connectivity index (χ1v) is 5.82. The summed E-state index contributed by atoms with van der Waals surface area (Å²) in [7, 11) is 0. The van der Waals surface area contributed by atoms with E-state index < -0.39 is 5.91 Å². The summed E-state index contributed by atoms with van der Waals surface area (Å²) in [6.07, 6.45) is 6.85. The van der Waals surface area contributed by atoms with Gasteiger partial charge in [-0.1, -0.05) is 12.2 Å². The summed E-state index contributed by atoms with van der Waals surface area (Å²) in [5.74, 6) is -0.190. The van der Waals surface area contributed by atoms with Crippen molar-refractivity contribution in [2.75, 3.05) is 0 Å². The predicted octanol–water partition coefficient (Wildman–Crippen LogP) is 0.752. The second-order valence-corrected chi connectivity index (χ2v) is 4.54. The van der Waals surface area contributed by atoms with Gasteiger partial charge in [0, 0.05) is 12.8 Å². The van der Waals surface area contributed by atoms with Crippen molar-refractivity contribution in [2.45, 2.75) is 25.7 Å². The Hall–Kier alpha value is -1.65. The third kappa shape index (κ3) is 2.72. The number of carbonyl (C=O) groups excluding carboxylic acids is 3. The highest BCUT2D eigenvalue weighted by Gasteiger charge is 2.41. The zero-order valence-electron chi connectivity index (χ0n) is 9.43. The van der Waals surface area contributed by atoms with E-state index in [4.69, 9.17) is 4.84 Å². The van der Waals surface area contributed by atoms with Gasteiger partial charge < -0.3 is 9.63 Å². The van der Waals surface area contributed by atoms with Crippen molar-refractivity contribution in [1.29, 1.82) is 0 Å². The molecule has 0 heterocycles. The van der Waals surface area contributed by atoms with Gasteiger partial charge in [0.15, 0.2) is 0 Å². The third-order valence-corrected chi connectivity index (χ3v) is 3.34. The van der Waals surface area contributed by atoms with Gasteiger partial charge in [0.1, 0.15) is 6.29 Å². The first kappa shape index (κ1) is 11.8. The molecule has 1 amide bonds. The van der Waals surface area contributed by atoms with Gasteiger partial charge in [-0.3, -0.25) is 4.79 Å². The molecule has 17 heavy (non-hydrogen) atoms. The summed E-state index contributed by atoms with van der Waals surface area (Å²) in [6, 6.07) is 0. The van der Waals surface area contributed by atoms with Crippen LogP contribution in [-0.4, -0.2) is 18.2 Å². The van der Waals surface area contributed by atoms with Crippen molar-refractivity contribution in [3.05, 3.63) is 12.2 Å². The molecule has 0 aliphatic heterocycles. The standard InChI is InChI=1S/C12H15NO4/c14-5-1-2-11(15)13-17-12(16)10-7-8-3-4-9(10)6-8/h3-5,8-10H,1-2,6-7H2,(H,13,15). The lowest BCUT2D eigenvalue weighted by Gasteiger charge is -2.15. The molecule has 0 spiro atoms. The first-order chi connectivity index (χ1) is 8.20. The van der Waals surface area contributed by atoms with Crippen molar-refractivity contribution in [3.63, 3.8) is 0 Å². The molecule has 0 aromatic heterocycles. The largest absolute Gasteiger partial charge is 0.340 e. The minimum Gasteiger partial charge on any atom is -0.340 e. The molecule has 2 aliphatic rings. The van der Waals surface area contributed by atoms with Crippen molar-refractivity contribution >= 4 is 18.2 Å². The third-order valence-electron chi connectivity index (χ3n) is 3.34. The van der Waals surface area contributed by atoms with E-state index in [0.717, 1.165) is 12.8 Å². The summed E-state index contributed by atoms with van der Waals surface area (Å²) in [5, 5.41) is 0. The second-order valence-electron chi connectivity index (χ2n) is 4.54. The molecule has 5 nitrogen and oxygen atoms in total. The minimum absolute atomic E-state index is 0.0490. The average Bonchev–Trinajstić information content (AvgIpc) is 2.95. The fourth-order valence-electron chi connectivity index (χ4n) is 2.48. The zero-order chi connectivity index (χ0) is 12.3. The maximum atomic E-state index is 11.7. The maximum absolute atomic E-state index is 11.7. The van der Waals surface area contributed by atoms with Gasteiger partial charge in [-0.2, -0.15) is 5.48 Å². The minimum atomic E-state index is -0.441. The van der Waals surface area contributed by atoms with Gasteiger partial charge in [0.25, 0.3) is 5.91 Å². The van der Waals surface area contributed by atoms with Crippen LogP contribution in [0, 0.1) is 17.8 Å². The molecule has 0 saturated heterocycles. The Kier molecular flexibility index (Phi) is 3.56. The molecule has 3 unspecified atom stereocenters. The molecule has 2 rings (SSSR count). The van der Waals surface area contributed by atoms with Crippen LogP contribution in [0.2, 0.25) is 0 Å². The van der Waals surface area contributed by atoms with E-state index in [-0.39, 0.29) is 30.6 Å². The van der Waals surface area contributed by atoms with Gasteiger partial charge in [-0.05, 0) is 24.7 Å². The van der Waals surface area contributed by atoms with Crippen LogP contribution in [0.1, 0.15) is 25.7 Å². The van der Waals surface area contributed by atoms with Crippen LogP contribution in [-0.2, 0) is 19.2 Å². The predicted molar refractivity (Wildman–Crippen MR) is 58.4 cm³/mol. The molecular weight excluding hydrogens is 222 g/mol. The lowest BCUT2D eigenvalue weighted by molar-refractivity contribution is -0.163. The molecule has 2 aliphatic carbocycles. The number of fused-ring (bicyclic) bond motifs is 2. The molecule has 5 heteroatoms. The first-order valence-electron chi connectivity index (χ1n) is 5.82. The van der Waals surface area contributed by atoms with Crippen LogP contribution in [0.15, 0.2) is 12.2 Å². The Morgan fingerprint density at radius 3 is 2.76 bits per heavy atom. The maximum Gasteiger partial charge on any atom is 0.335 e. The quantitative estimate of drug-likeness (QED) is 0.445. The Morgan fingerprint density at radius 2 is 2.18 bits per heavy atom. The van der Waals surface area contributed by atoms with Crippen molar-refractivity contribution in [3.8, 4) is 0 Å². The number of aldehydes is 1. The summed E-state index contributed by atoms with van der Waals surface area (Å²) in [5.41, 5.74) is 2.08. The van der Waals surface area contributed by atoms with Crippen molar-refractivity contribution in [1.82, 2.24) is 5.48 Å². The smallest absolute Gasteiger partial charge is 0.335 e. The highest BCUT2D eigenvalue weighted by Crippen LogP contribution is 2.43. The molecule has 2 bridgehead atoms. The van der Waals surface area contributed by atoms with Gasteiger partial charge in [-0.15, -0.1) is 0 Å². The van der Waals surface area contributed by atoms with E-state index in [1.54, 1.807) is 0 Å². The average molecular weight is 237 g/mol. The lowest BCUT2D eigenvalue weighted by atomic mass is 9.94. The molecule has 1 saturated carbocycles. The van der Waals surface area contributed by atoms with Gasteiger partial charge >= 0.3 is 5.97 Å². The Morgan fingerprint density at radius 1 is 1.35 bits per heavy atom. The molecule has 0 aromatic carbocycles. The van der Waals surface area contributed by atoms with Gasteiger partial charge in [-0.25, -0.2) is 4.79 Å². The summed E-state index contributed by atoms with van der Waals surface area (Å²) < 4.78 is 0. The van der Waals surface area contributed by atoms with Crippen LogP contribution in [0.3, 0.4) is 0 Å². The Balaban J connectivity index is 1.73. The molecular formula is C12H15NO4. The lowest BCUT2D eigenvalue weighted by Crippen LogP contribution is -2.31. The number of allylic oxidation sites excluding steroid dienone is 2. The van der Waals surface area contributed by atoms with E-state index >= 15 is 0 Å². The van der Waals surface area contributed by atoms with Crippen molar-refractivity contribution in [2.24, 2.45) is 17.8 Å². The van der Waals surface area contributed by atoms with E-state index in [0.29, 0.717) is 12.2 Å². The molecule has 0 radical (unpaired) electrons. The topological polar surface area (TPSA) is 72.5 Å². The number of carbonyl (C=O) groups is 3. The van der Waals surface area contributed by atoms with Gasteiger partial charge in [0.05, 0.1) is 5.92 Å². The number of amides is 1. The van der Waals surface area contributed by atoms with E-state index in [1.807, 2.05) is 6.08 Å². The van der Waals surface area contributed by atoms with Crippen LogP contribution in [0.25, 0.3) is 0 Å². The normalized spacial score (nSPS) is 29.1. The molecule has 1 fully saturated rings. The van der Waals surface area contributed by atoms with Gasteiger partial charge in [0.2, 0.25) is 0 Å². The van der Waals surface area contributed by atoms with Crippen molar-refractivity contribution < 1.29 is 19.2 Å². The summed E-state index contributed by atoms with van der Waals surface area (Å²) >= 11 is 0. The Bertz CT molecular complexity index is 364. The molecule has 0 aromatic rings. The number of hydrogen-bond donors (Lipinski definition) is 1. The number of hydrogen-bond acceptors (Lipinski definition) is 4. The molecule has 1 N–H and O–H groups in total. The Labute approximate surface area is 99.2 Å². The molecule has 3 atom stereocenters. The highest BCUT2D eigenvalue weighted by molar-refractivity contribution is 5.80. The number of hydroxylamine groups is 1. The van der Waals surface area contributed by atoms with E-state index in [9.17, 15) is 14.4 Å². The fourth-order valence-corrected chi connectivity index (χ4v) is 2.48. The fraction of sp³-hybridized carbons (Fsp3) is 0.583. The number of nitrogens with one attached hydrogen (secondary N) is 1. The summed E-state index contributed by atoms with van der Waals surface area (Å²) in [6.45, 7) is 0. The van der Waals surface area contributed by atoms with Crippen LogP contribution < -0.4 is 5.48 Å². The zero-order valence-corrected chi connectivity index (χ0v) is 9.43. The van der Waals surface area contributed by atoms with Crippen LogP contribution in [0.4, 0.5) is 0 Å². The second kappa shape index (κ2) is 5.12. The summed E-state index contributed by atoms with van der Waals surface area (Å²) in [4.78, 5) is 37.6. The van der Waals surface area contributed by atoms with E-state index in [2.05, 4.69) is 11.6 Å². The molecule has 92 valence electrons. The van der Waals surface area contributed by atoms with Crippen LogP contribution >= 0.6 is 0 Å². The monoisotopic (exact) mass is 237 g/mol. The highest BCUT2D eigenvalue weighted by atomic mass is 16.7. The van der Waals surface area contributed by atoms with Crippen LogP contribution in [0.5, 0.6) is 0 Å². The SMILES string of the molecule is O=CCCC(=O)NOC(=O)C1CC2C=CC1C2. The number of rotatable bonds is 4. The van der Waals surface area contributed by atoms with E-state index in [1.165, 1.54) is 0 Å².